The number of rotatable bonds is 2. The normalized spacial score (nSPS) is 11.1. The second-order valence-electron chi connectivity index (χ2n) is 4.53. The van der Waals surface area contributed by atoms with E-state index in [0.717, 1.165) is 5.69 Å². The second kappa shape index (κ2) is 4.38. The summed E-state index contributed by atoms with van der Waals surface area (Å²) >= 11 is 1.85. The van der Waals surface area contributed by atoms with Gasteiger partial charge in [-0.3, -0.25) is 4.98 Å². The number of thiophene rings is 1. The van der Waals surface area contributed by atoms with E-state index in [1.165, 1.54) is 20.9 Å². The molecule has 0 aliphatic rings. The minimum absolute atomic E-state index is 0.601. The summed E-state index contributed by atoms with van der Waals surface area (Å²) in [6.07, 6.45) is 1.94. The summed E-state index contributed by atoms with van der Waals surface area (Å²) in [5.41, 5.74) is 3.61. The van der Waals surface area contributed by atoms with Crippen LogP contribution >= 0.6 is 11.3 Å². The zero-order valence-electron chi connectivity index (χ0n) is 10.2. The molecule has 2 aromatic rings. The summed E-state index contributed by atoms with van der Waals surface area (Å²) in [5, 5.41) is 0. The van der Waals surface area contributed by atoms with Crippen molar-refractivity contribution in [2.75, 3.05) is 0 Å². The number of aromatic nitrogens is 1. The van der Waals surface area contributed by atoms with E-state index < -0.39 is 0 Å². The molecule has 0 radical (unpaired) electrons. The van der Waals surface area contributed by atoms with Gasteiger partial charge in [-0.15, -0.1) is 11.3 Å². The monoisotopic (exact) mass is 231 g/mol. The Labute approximate surface area is 101 Å². The molecular formula is C14H17NS. The Morgan fingerprint density at radius 2 is 1.94 bits per heavy atom. The maximum atomic E-state index is 4.53. The van der Waals surface area contributed by atoms with Crippen molar-refractivity contribution in [1.29, 1.82) is 0 Å². The Morgan fingerprint density at radius 1 is 1.19 bits per heavy atom. The summed E-state index contributed by atoms with van der Waals surface area (Å²) in [4.78, 5) is 7.24. The third kappa shape index (κ3) is 2.17. The van der Waals surface area contributed by atoms with E-state index in [2.05, 4.69) is 50.9 Å². The number of nitrogens with zero attached hydrogens (tertiary/aromatic N) is 1. The Kier molecular flexibility index (Phi) is 3.10. The summed E-state index contributed by atoms with van der Waals surface area (Å²) in [7, 11) is 0. The highest BCUT2D eigenvalue weighted by Crippen LogP contribution is 2.32. The van der Waals surface area contributed by atoms with Crippen molar-refractivity contribution in [3.8, 4) is 10.6 Å². The highest BCUT2D eigenvalue weighted by molar-refractivity contribution is 7.15. The molecule has 0 fully saturated rings. The fourth-order valence-corrected chi connectivity index (χ4v) is 2.84. The largest absolute Gasteiger partial charge is 0.255 e. The number of hydrogen-bond acceptors (Lipinski definition) is 2. The van der Waals surface area contributed by atoms with Gasteiger partial charge < -0.3 is 0 Å². The highest BCUT2D eigenvalue weighted by atomic mass is 32.1. The predicted octanol–water partition coefficient (Wildman–Crippen LogP) is 4.55. The van der Waals surface area contributed by atoms with Crippen LogP contribution in [0.2, 0.25) is 0 Å². The topological polar surface area (TPSA) is 12.9 Å². The minimum Gasteiger partial charge on any atom is -0.255 e. The molecule has 0 aromatic carbocycles. The number of hydrogen-bond donors (Lipinski definition) is 0. The van der Waals surface area contributed by atoms with Crippen LogP contribution in [0.25, 0.3) is 10.6 Å². The quantitative estimate of drug-likeness (QED) is 0.739. The molecule has 1 nitrogen and oxygen atoms in total. The molecule has 2 heterocycles. The van der Waals surface area contributed by atoms with Gasteiger partial charge >= 0.3 is 0 Å². The van der Waals surface area contributed by atoms with Gasteiger partial charge in [0.25, 0.3) is 0 Å². The van der Waals surface area contributed by atoms with Crippen LogP contribution in [0.3, 0.4) is 0 Å². The molecule has 0 unspecified atom stereocenters. The summed E-state index contributed by atoms with van der Waals surface area (Å²) in [6.45, 7) is 8.66. The molecular weight excluding hydrogens is 214 g/mol. The number of aryl methyl sites for hydroxylation is 2. The highest BCUT2D eigenvalue weighted by Gasteiger charge is 2.08. The van der Waals surface area contributed by atoms with E-state index in [4.69, 9.17) is 0 Å². The zero-order valence-corrected chi connectivity index (χ0v) is 11.1. The Balaban J connectivity index is 2.42. The van der Waals surface area contributed by atoms with E-state index >= 15 is 0 Å². The second-order valence-corrected chi connectivity index (χ2v) is 5.65. The summed E-state index contributed by atoms with van der Waals surface area (Å²) in [5.74, 6) is 0.601. The lowest BCUT2D eigenvalue weighted by atomic mass is 10.1. The molecule has 2 aromatic heterocycles. The maximum Gasteiger partial charge on any atom is 0.0831 e. The third-order valence-corrected chi connectivity index (χ3v) is 4.04. The maximum absolute atomic E-state index is 4.53. The summed E-state index contributed by atoms with van der Waals surface area (Å²) in [6, 6.07) is 6.59. The smallest absolute Gasteiger partial charge is 0.0831 e. The third-order valence-electron chi connectivity index (χ3n) is 2.64. The molecule has 16 heavy (non-hydrogen) atoms. The van der Waals surface area contributed by atoms with Gasteiger partial charge in [-0.25, -0.2) is 0 Å². The Bertz CT molecular complexity index is 497. The van der Waals surface area contributed by atoms with Crippen molar-refractivity contribution in [2.45, 2.75) is 33.6 Å². The average molecular weight is 231 g/mol. The SMILES string of the molecule is Cc1cnc(-c2ccc(C(C)C)s2)c(C)c1. The van der Waals surface area contributed by atoms with E-state index in [9.17, 15) is 0 Å². The van der Waals surface area contributed by atoms with E-state index in [0.29, 0.717) is 5.92 Å². The van der Waals surface area contributed by atoms with E-state index in [1.807, 2.05) is 17.5 Å². The first-order valence-corrected chi connectivity index (χ1v) is 6.43. The van der Waals surface area contributed by atoms with E-state index in [-0.39, 0.29) is 0 Å². The molecule has 0 aliphatic carbocycles. The van der Waals surface area contributed by atoms with Gasteiger partial charge in [0.15, 0.2) is 0 Å². The first-order chi connectivity index (χ1) is 7.58. The molecule has 84 valence electrons. The number of pyridine rings is 1. The molecule has 0 aliphatic heterocycles. The lowest BCUT2D eigenvalue weighted by Gasteiger charge is -2.03. The van der Waals surface area contributed by atoms with Crippen molar-refractivity contribution in [3.05, 3.63) is 40.4 Å². The lowest BCUT2D eigenvalue weighted by molar-refractivity contribution is 0.890. The van der Waals surface area contributed by atoms with Crippen molar-refractivity contribution >= 4 is 11.3 Å². The van der Waals surface area contributed by atoms with Crippen LogP contribution in [-0.4, -0.2) is 4.98 Å². The fourth-order valence-electron chi connectivity index (χ4n) is 1.76. The fraction of sp³-hybridized carbons (Fsp3) is 0.357. The van der Waals surface area contributed by atoms with Crippen molar-refractivity contribution in [1.82, 2.24) is 4.98 Å². The Hall–Kier alpha value is -1.15. The van der Waals surface area contributed by atoms with Crippen LogP contribution in [0.15, 0.2) is 24.4 Å². The molecule has 0 atom stereocenters. The van der Waals surface area contributed by atoms with Crippen LogP contribution in [-0.2, 0) is 0 Å². The van der Waals surface area contributed by atoms with E-state index in [1.54, 1.807) is 0 Å². The molecule has 2 heteroatoms. The van der Waals surface area contributed by atoms with Crippen LogP contribution < -0.4 is 0 Å². The van der Waals surface area contributed by atoms with Gasteiger partial charge in [-0.2, -0.15) is 0 Å². The van der Waals surface area contributed by atoms with Crippen LogP contribution in [0, 0.1) is 13.8 Å². The standard InChI is InChI=1S/C14H17NS/c1-9(2)12-5-6-13(16-12)14-11(4)7-10(3)8-15-14/h5-9H,1-4H3. The Morgan fingerprint density at radius 3 is 2.50 bits per heavy atom. The van der Waals surface area contributed by atoms with Gasteiger partial charge in [0, 0.05) is 11.1 Å². The predicted molar refractivity (Wildman–Crippen MR) is 71.1 cm³/mol. The molecule has 0 N–H and O–H groups in total. The zero-order chi connectivity index (χ0) is 11.7. The van der Waals surface area contributed by atoms with Gasteiger partial charge in [0.2, 0.25) is 0 Å². The van der Waals surface area contributed by atoms with Gasteiger partial charge in [-0.1, -0.05) is 19.9 Å². The first kappa shape index (κ1) is 11.3. The first-order valence-electron chi connectivity index (χ1n) is 5.61. The van der Waals surface area contributed by atoms with Crippen molar-refractivity contribution in [2.24, 2.45) is 0 Å². The van der Waals surface area contributed by atoms with Gasteiger partial charge in [0.1, 0.15) is 0 Å². The van der Waals surface area contributed by atoms with Gasteiger partial charge in [0.05, 0.1) is 10.6 Å². The van der Waals surface area contributed by atoms with Crippen LogP contribution in [0.5, 0.6) is 0 Å². The molecule has 0 saturated heterocycles. The van der Waals surface area contributed by atoms with Crippen molar-refractivity contribution in [3.63, 3.8) is 0 Å². The molecule has 0 amide bonds. The van der Waals surface area contributed by atoms with Crippen LogP contribution in [0.1, 0.15) is 35.8 Å². The molecule has 0 saturated carbocycles. The van der Waals surface area contributed by atoms with Crippen molar-refractivity contribution < 1.29 is 0 Å². The molecule has 0 spiro atoms. The molecule has 0 bridgehead atoms. The minimum atomic E-state index is 0.601. The lowest BCUT2D eigenvalue weighted by Crippen LogP contribution is -1.86. The van der Waals surface area contributed by atoms with Crippen LogP contribution in [0.4, 0.5) is 0 Å². The van der Waals surface area contributed by atoms with Gasteiger partial charge in [-0.05, 0) is 43.0 Å². The summed E-state index contributed by atoms with van der Waals surface area (Å²) < 4.78 is 0. The average Bonchev–Trinajstić information content (AvgIpc) is 2.66. The molecule has 2 rings (SSSR count).